The van der Waals surface area contributed by atoms with E-state index in [1.54, 1.807) is 32.4 Å². The van der Waals surface area contributed by atoms with Crippen molar-refractivity contribution >= 4 is 29.6 Å². The second-order valence-electron chi connectivity index (χ2n) is 17.5. The molecule has 9 atom stereocenters. The highest BCUT2D eigenvalue weighted by Gasteiger charge is 2.47. The molecule has 19 N–H and O–H groups in total. The molecule has 374 valence electrons. The molecule has 1 aromatic heterocycles. The molecule has 21 nitrogen and oxygen atoms in total. The molecule has 67 heavy (non-hydrogen) atoms. The molecule has 2 heterocycles. The Balaban J connectivity index is 1.84. The Kier molecular flexibility index (Phi) is 23.4. The average Bonchev–Trinajstić information content (AvgIpc) is 3.97. The minimum atomic E-state index is -0.995. The molecular formula is C46H79N15O6. The number of aromatic amines is 1. The summed E-state index contributed by atoms with van der Waals surface area (Å²) in [4.78, 5) is 68.2. The van der Waals surface area contributed by atoms with E-state index in [9.17, 15) is 29.4 Å². The number of imidazole rings is 1. The molecule has 2 unspecified atom stereocenters. The summed E-state index contributed by atoms with van der Waals surface area (Å²) in [5, 5.41) is 38.5. The van der Waals surface area contributed by atoms with Crippen LogP contribution in [0.1, 0.15) is 90.2 Å². The highest BCUT2D eigenvalue weighted by Crippen LogP contribution is 2.42. The number of aliphatic hydroxyl groups is 2. The molecule has 0 radical (unpaired) electrons. The van der Waals surface area contributed by atoms with Crippen molar-refractivity contribution in [2.75, 3.05) is 32.7 Å². The smallest absolute Gasteiger partial charge is 0.246 e. The Morgan fingerprint density at radius 3 is 2.27 bits per heavy atom. The third kappa shape index (κ3) is 17.7. The summed E-state index contributed by atoms with van der Waals surface area (Å²) in [7, 11) is 0. The van der Waals surface area contributed by atoms with Crippen molar-refractivity contribution in [3.8, 4) is 0 Å². The molecule has 1 saturated heterocycles. The Morgan fingerprint density at radius 2 is 1.63 bits per heavy atom. The number of H-pyrrole nitrogens is 1. The van der Waals surface area contributed by atoms with Crippen molar-refractivity contribution in [2.45, 2.75) is 133 Å². The van der Waals surface area contributed by atoms with Gasteiger partial charge in [-0.3, -0.25) is 24.2 Å². The second kappa shape index (κ2) is 28.3. The predicted molar refractivity (Wildman–Crippen MR) is 261 cm³/mol. The number of likely N-dealkylation sites (tertiary alicyclic amines) is 1. The number of amides is 4. The van der Waals surface area contributed by atoms with E-state index in [1.165, 1.54) is 0 Å². The van der Waals surface area contributed by atoms with Crippen LogP contribution in [0.25, 0.3) is 0 Å². The first-order valence-electron chi connectivity index (χ1n) is 23.4. The van der Waals surface area contributed by atoms with Gasteiger partial charge >= 0.3 is 0 Å². The van der Waals surface area contributed by atoms with E-state index in [2.05, 4.69) is 78.1 Å². The van der Waals surface area contributed by atoms with Crippen molar-refractivity contribution in [1.29, 1.82) is 0 Å². The first kappa shape index (κ1) is 55.4. The molecule has 0 aromatic carbocycles. The van der Waals surface area contributed by atoms with Crippen molar-refractivity contribution in [3.63, 3.8) is 0 Å². The minimum absolute atomic E-state index is 0.0165. The Labute approximate surface area is 395 Å². The highest BCUT2D eigenvalue weighted by atomic mass is 16.3. The number of nitrogens with two attached hydrogens (primary N) is 5. The summed E-state index contributed by atoms with van der Waals surface area (Å²) in [5.41, 5.74) is 30.4. The first-order valence-corrected chi connectivity index (χ1v) is 23.4. The maximum Gasteiger partial charge on any atom is 0.246 e. The molecule has 0 bridgehead atoms. The summed E-state index contributed by atoms with van der Waals surface area (Å²) in [6.07, 6.45) is 11.4. The van der Waals surface area contributed by atoms with Gasteiger partial charge in [-0.25, -0.2) is 4.98 Å². The van der Waals surface area contributed by atoms with E-state index < -0.39 is 54.0 Å². The van der Waals surface area contributed by atoms with Gasteiger partial charge in [0.25, 0.3) is 0 Å². The van der Waals surface area contributed by atoms with Crippen LogP contribution >= 0.6 is 0 Å². The minimum Gasteiger partial charge on any atom is -0.506 e. The van der Waals surface area contributed by atoms with E-state index in [4.69, 9.17) is 28.7 Å². The number of rotatable bonds is 31. The van der Waals surface area contributed by atoms with Crippen LogP contribution < -0.4 is 60.6 Å². The number of guanidine groups is 1. The fraction of sp³-hybridized carbons (Fsp3) is 0.609. The fourth-order valence-corrected chi connectivity index (χ4v) is 8.43. The van der Waals surface area contributed by atoms with Gasteiger partial charge in [-0.15, -0.1) is 0 Å². The van der Waals surface area contributed by atoms with Gasteiger partial charge in [-0.05, 0) is 83.7 Å². The molecule has 2 aliphatic rings. The molecule has 0 spiro atoms. The van der Waals surface area contributed by atoms with Crippen LogP contribution in [-0.2, 0) is 25.6 Å². The van der Waals surface area contributed by atoms with Crippen molar-refractivity contribution in [2.24, 2.45) is 45.5 Å². The number of carbonyl (C=O) groups is 4. The molecular weight excluding hydrogens is 859 g/mol. The molecule has 1 aromatic rings. The molecule has 3 rings (SSSR count). The second-order valence-corrected chi connectivity index (χ2v) is 17.5. The quantitative estimate of drug-likeness (QED) is 0.0150. The Morgan fingerprint density at radius 1 is 0.925 bits per heavy atom. The van der Waals surface area contributed by atoms with Crippen LogP contribution in [-0.4, -0.2) is 130 Å². The zero-order valence-electron chi connectivity index (χ0n) is 39.5. The summed E-state index contributed by atoms with van der Waals surface area (Å²) in [5.74, 6) is -2.41. The third-order valence-corrected chi connectivity index (χ3v) is 12.4. The van der Waals surface area contributed by atoms with Gasteiger partial charge in [-0.1, -0.05) is 52.2 Å². The lowest BCUT2D eigenvalue weighted by Crippen LogP contribution is -2.54. The Hall–Kier alpha value is -5.90. The van der Waals surface area contributed by atoms with E-state index >= 15 is 0 Å². The summed E-state index contributed by atoms with van der Waals surface area (Å²) >= 11 is 0. The number of fused-ring (bicyclic) bond motifs is 1. The predicted octanol–water partition coefficient (Wildman–Crippen LogP) is -0.293. The molecule has 1 aliphatic carbocycles. The van der Waals surface area contributed by atoms with E-state index in [1.807, 2.05) is 0 Å². The van der Waals surface area contributed by atoms with Crippen LogP contribution in [0.3, 0.4) is 0 Å². The lowest BCUT2D eigenvalue weighted by atomic mass is 9.84. The molecule has 4 amide bonds. The number of hydrogen-bond acceptors (Lipinski definition) is 14. The van der Waals surface area contributed by atoms with Crippen molar-refractivity contribution in [1.82, 2.24) is 46.8 Å². The maximum atomic E-state index is 14.8. The number of carbonyl (C=O) groups excluding carboxylic acids is 4. The lowest BCUT2D eigenvalue weighted by molar-refractivity contribution is -0.128. The van der Waals surface area contributed by atoms with Gasteiger partial charge in [0.15, 0.2) is 5.96 Å². The van der Waals surface area contributed by atoms with Crippen LogP contribution in [0.5, 0.6) is 0 Å². The van der Waals surface area contributed by atoms with E-state index in [0.717, 1.165) is 31.4 Å². The maximum absolute atomic E-state index is 14.8. The fourth-order valence-electron chi connectivity index (χ4n) is 8.43. The Bertz CT molecular complexity index is 1880. The molecule has 2 fully saturated rings. The number of nitrogens with one attached hydrogen (secondary N) is 7. The largest absolute Gasteiger partial charge is 0.506 e. The number of unbranched alkanes of at least 4 members (excludes halogenated alkanes) is 1. The number of aliphatic imine (C=N–C) groups is 1. The summed E-state index contributed by atoms with van der Waals surface area (Å²) < 4.78 is 0. The average molecular weight is 938 g/mol. The number of hydrogen-bond donors (Lipinski definition) is 14. The zero-order valence-corrected chi connectivity index (χ0v) is 39.5. The van der Waals surface area contributed by atoms with Gasteiger partial charge in [-0.2, -0.15) is 0 Å². The van der Waals surface area contributed by atoms with Gasteiger partial charge in [0.1, 0.15) is 17.8 Å². The lowest BCUT2D eigenvalue weighted by Gasteiger charge is -2.40. The summed E-state index contributed by atoms with van der Waals surface area (Å²) in [6, 6.07) is -3.28. The van der Waals surface area contributed by atoms with Crippen LogP contribution in [0.4, 0.5) is 0 Å². The zero-order chi connectivity index (χ0) is 49.6. The van der Waals surface area contributed by atoms with Gasteiger partial charge < -0.3 is 80.7 Å². The normalized spacial score (nSPS) is 19.5. The molecule has 1 aliphatic heterocycles. The van der Waals surface area contributed by atoms with Crippen LogP contribution in [0.2, 0.25) is 0 Å². The number of aliphatic hydroxyl groups excluding tert-OH is 2. The topological polar surface area (TPSA) is 355 Å². The standard InChI is InChI=1S/C46H79N15O6/c1-27(41(63)23-49)43(65)57-29(3)28(2)54-25-42(64)58-35(15-11-19-48)31(5)61-39-17-8-7-13-33(39)21-40(61)45(67)60-38(22-34-24-52-26-55-34)30(4)56-37(14-9-10-18-47)44(66)59-36(32(6)62)16-12-20-53-46(50)51/h16,24,26-27,29,33,35,37-41,54,56,62-63H,2,4-15,17-23,25,47-49H2,1,3H3,(H,52,55)(H,57,65)(H,58,64)(H,59,66)(H,60,67)(H4,50,51,53)/b36-16-/t27-,29-,33?,35+,37-,38-,39?,40-,41-/m0/s1. The third-order valence-electron chi connectivity index (χ3n) is 12.4. The van der Waals surface area contributed by atoms with E-state index in [-0.39, 0.29) is 67.2 Å². The number of aromatic nitrogens is 2. The van der Waals surface area contributed by atoms with Crippen LogP contribution in [0.15, 0.2) is 78.5 Å². The highest BCUT2D eigenvalue weighted by molar-refractivity contribution is 5.85. The molecule has 1 saturated carbocycles. The monoisotopic (exact) mass is 938 g/mol. The van der Waals surface area contributed by atoms with E-state index in [0.29, 0.717) is 75.1 Å². The van der Waals surface area contributed by atoms with Gasteiger partial charge in [0.2, 0.25) is 23.6 Å². The van der Waals surface area contributed by atoms with Crippen LogP contribution in [0, 0.1) is 11.8 Å². The molecule has 21 heteroatoms. The van der Waals surface area contributed by atoms with Crippen molar-refractivity contribution < 1.29 is 29.4 Å². The summed E-state index contributed by atoms with van der Waals surface area (Å²) in [6.45, 7) is 20.6. The van der Waals surface area contributed by atoms with Crippen molar-refractivity contribution in [3.05, 3.63) is 79.2 Å². The van der Waals surface area contributed by atoms with Gasteiger partial charge in [0, 0.05) is 54.5 Å². The number of nitrogens with zero attached hydrogens (tertiary/aromatic N) is 3. The van der Waals surface area contributed by atoms with Gasteiger partial charge in [0.05, 0.1) is 48.7 Å². The first-order chi connectivity index (χ1) is 31.9. The SMILES string of the molecule is C=C(O)/C(=C/CCN=C(N)N)NC(=O)[C@H](CCCCN)NC(=C)[C@H](Cc1cnc[nH]1)NC(=O)[C@@H]1CC2CCCCC2N1C(=C)[C@@H](CCCN)NC(=O)CNC(=C)[C@H](C)NC(=O)[C@@H](C)[C@@H](O)CN.